The fourth-order valence-corrected chi connectivity index (χ4v) is 3.51. The van der Waals surface area contributed by atoms with Gasteiger partial charge in [0.05, 0.1) is 24.8 Å². The first-order chi connectivity index (χ1) is 13.2. The van der Waals surface area contributed by atoms with Crippen LogP contribution in [-0.2, 0) is 0 Å². The third kappa shape index (κ3) is 3.21. The van der Waals surface area contributed by atoms with Gasteiger partial charge in [0.2, 0.25) is 0 Å². The SMILES string of the molecule is COc1cccc(-c2c(-n3ccnc3)c(SC)nn2-c2ccc(F)cc2)c1. The van der Waals surface area contributed by atoms with Gasteiger partial charge in [-0.05, 0) is 42.7 Å². The highest BCUT2D eigenvalue weighted by atomic mass is 32.2. The molecule has 4 rings (SSSR count). The second-order valence-electron chi connectivity index (χ2n) is 5.80. The Labute approximate surface area is 160 Å². The lowest BCUT2D eigenvalue weighted by Crippen LogP contribution is -2.01. The minimum atomic E-state index is -0.284. The Morgan fingerprint density at radius 1 is 1.11 bits per heavy atom. The van der Waals surface area contributed by atoms with Crippen LogP contribution in [0.1, 0.15) is 0 Å². The highest BCUT2D eigenvalue weighted by Gasteiger charge is 2.22. The van der Waals surface area contributed by atoms with Crippen LogP contribution < -0.4 is 4.74 Å². The van der Waals surface area contributed by atoms with Crippen molar-refractivity contribution in [3.05, 3.63) is 73.1 Å². The molecule has 0 amide bonds. The Balaban J connectivity index is 2.02. The van der Waals surface area contributed by atoms with Crippen LogP contribution in [-0.4, -0.2) is 32.7 Å². The molecule has 2 heterocycles. The number of ether oxygens (including phenoxy) is 1. The van der Waals surface area contributed by atoms with E-state index in [1.807, 2.05) is 46.0 Å². The van der Waals surface area contributed by atoms with E-state index >= 15 is 0 Å². The van der Waals surface area contributed by atoms with Crippen LogP contribution in [0.4, 0.5) is 4.39 Å². The van der Waals surface area contributed by atoms with E-state index in [1.54, 1.807) is 43.5 Å². The third-order valence-corrected chi connectivity index (χ3v) is 4.86. The Bertz CT molecular complexity index is 1060. The van der Waals surface area contributed by atoms with Gasteiger partial charge in [-0.1, -0.05) is 12.1 Å². The van der Waals surface area contributed by atoms with Crippen LogP contribution in [0.15, 0.2) is 72.3 Å². The second kappa shape index (κ2) is 7.28. The molecule has 0 radical (unpaired) electrons. The fourth-order valence-electron chi connectivity index (χ4n) is 2.95. The lowest BCUT2D eigenvalue weighted by Gasteiger charge is -2.11. The molecule has 0 saturated heterocycles. The number of methoxy groups -OCH3 is 1. The first-order valence-electron chi connectivity index (χ1n) is 8.27. The van der Waals surface area contributed by atoms with Crippen molar-refractivity contribution >= 4 is 11.8 Å². The van der Waals surface area contributed by atoms with E-state index in [2.05, 4.69) is 4.98 Å². The minimum absolute atomic E-state index is 0.284. The topological polar surface area (TPSA) is 44.9 Å². The lowest BCUT2D eigenvalue weighted by molar-refractivity contribution is 0.415. The number of hydrogen-bond acceptors (Lipinski definition) is 4. The average molecular weight is 380 g/mol. The molecule has 0 atom stereocenters. The first kappa shape index (κ1) is 17.4. The van der Waals surface area contributed by atoms with Crippen molar-refractivity contribution in [2.45, 2.75) is 5.03 Å². The molecule has 0 N–H and O–H groups in total. The molecule has 27 heavy (non-hydrogen) atoms. The summed E-state index contributed by atoms with van der Waals surface area (Å²) < 4.78 is 22.6. The number of aromatic nitrogens is 4. The summed E-state index contributed by atoms with van der Waals surface area (Å²) in [5, 5.41) is 5.63. The largest absolute Gasteiger partial charge is 0.497 e. The number of imidazole rings is 1. The van der Waals surface area contributed by atoms with E-state index in [4.69, 9.17) is 9.84 Å². The molecule has 0 aliphatic heterocycles. The normalized spacial score (nSPS) is 10.9. The van der Waals surface area contributed by atoms with Crippen molar-refractivity contribution in [2.75, 3.05) is 13.4 Å². The van der Waals surface area contributed by atoms with Crippen molar-refractivity contribution in [1.29, 1.82) is 0 Å². The lowest BCUT2D eigenvalue weighted by atomic mass is 10.1. The number of nitrogens with zero attached hydrogens (tertiary/aromatic N) is 4. The summed E-state index contributed by atoms with van der Waals surface area (Å²) in [6, 6.07) is 14.1. The van der Waals surface area contributed by atoms with Gasteiger partial charge in [-0.15, -0.1) is 11.8 Å². The van der Waals surface area contributed by atoms with Gasteiger partial charge in [0.1, 0.15) is 22.3 Å². The molecule has 2 aromatic heterocycles. The molecule has 7 heteroatoms. The van der Waals surface area contributed by atoms with E-state index in [1.165, 1.54) is 12.1 Å². The molecule has 2 aromatic carbocycles. The molecule has 0 bridgehead atoms. The van der Waals surface area contributed by atoms with E-state index in [0.717, 1.165) is 33.4 Å². The zero-order valence-corrected chi connectivity index (χ0v) is 15.7. The molecule has 0 aliphatic rings. The second-order valence-corrected chi connectivity index (χ2v) is 6.59. The fraction of sp³-hybridized carbons (Fsp3) is 0.100. The molecular weight excluding hydrogens is 363 g/mol. The average Bonchev–Trinajstić information content (AvgIpc) is 3.36. The molecular formula is C20H17FN4OS. The van der Waals surface area contributed by atoms with Gasteiger partial charge < -0.3 is 9.30 Å². The third-order valence-electron chi connectivity index (χ3n) is 4.20. The zero-order valence-electron chi connectivity index (χ0n) is 14.8. The van der Waals surface area contributed by atoms with Crippen LogP contribution >= 0.6 is 11.8 Å². The van der Waals surface area contributed by atoms with Gasteiger partial charge in [0.15, 0.2) is 0 Å². The van der Waals surface area contributed by atoms with E-state index in [0.29, 0.717) is 0 Å². The molecule has 0 saturated carbocycles. The Hall–Kier alpha value is -3.06. The van der Waals surface area contributed by atoms with E-state index < -0.39 is 0 Å². The van der Waals surface area contributed by atoms with Crippen molar-refractivity contribution in [1.82, 2.24) is 19.3 Å². The summed E-state index contributed by atoms with van der Waals surface area (Å²) in [5.41, 5.74) is 3.51. The predicted octanol–water partition coefficient (Wildman–Crippen LogP) is 4.59. The van der Waals surface area contributed by atoms with Gasteiger partial charge in [0, 0.05) is 18.0 Å². The van der Waals surface area contributed by atoms with E-state index in [9.17, 15) is 4.39 Å². The first-order valence-corrected chi connectivity index (χ1v) is 9.49. The van der Waals surface area contributed by atoms with Crippen LogP contribution in [0.5, 0.6) is 5.75 Å². The van der Waals surface area contributed by atoms with Gasteiger partial charge in [0.25, 0.3) is 0 Å². The maximum Gasteiger partial charge on any atom is 0.143 e. The maximum atomic E-state index is 13.4. The van der Waals surface area contributed by atoms with Gasteiger partial charge in [-0.2, -0.15) is 5.10 Å². The van der Waals surface area contributed by atoms with Crippen LogP contribution in [0.3, 0.4) is 0 Å². The summed E-state index contributed by atoms with van der Waals surface area (Å²) in [5.74, 6) is 0.468. The van der Waals surface area contributed by atoms with Crippen molar-refractivity contribution < 1.29 is 9.13 Å². The molecule has 0 fully saturated rings. The van der Waals surface area contributed by atoms with E-state index in [-0.39, 0.29) is 5.82 Å². The van der Waals surface area contributed by atoms with Crippen LogP contribution in [0.25, 0.3) is 22.6 Å². The Kier molecular flexibility index (Phi) is 4.68. The number of halogens is 1. The monoisotopic (exact) mass is 380 g/mol. The highest BCUT2D eigenvalue weighted by Crippen LogP contribution is 2.37. The summed E-state index contributed by atoms with van der Waals surface area (Å²) >= 11 is 1.55. The summed E-state index contributed by atoms with van der Waals surface area (Å²) in [6.07, 6.45) is 7.34. The molecule has 0 spiro atoms. The standard InChI is InChI=1S/C20H17FN4OS/c1-26-17-5-3-4-14(12-17)18-19(24-11-10-22-13-24)20(27-2)23-25(18)16-8-6-15(21)7-9-16/h3-13H,1-2H3. The van der Waals surface area contributed by atoms with Crippen molar-refractivity contribution in [2.24, 2.45) is 0 Å². The summed E-state index contributed by atoms with van der Waals surface area (Å²) in [6.45, 7) is 0. The van der Waals surface area contributed by atoms with Crippen molar-refractivity contribution in [3.63, 3.8) is 0 Å². The maximum absolute atomic E-state index is 13.4. The quantitative estimate of drug-likeness (QED) is 0.475. The van der Waals surface area contributed by atoms with Gasteiger partial charge in [-0.25, -0.2) is 14.1 Å². The number of rotatable bonds is 5. The molecule has 5 nitrogen and oxygen atoms in total. The summed E-state index contributed by atoms with van der Waals surface area (Å²) in [4.78, 5) is 4.18. The molecule has 0 unspecified atom stereocenters. The highest BCUT2D eigenvalue weighted by molar-refractivity contribution is 7.98. The van der Waals surface area contributed by atoms with Crippen LogP contribution in [0.2, 0.25) is 0 Å². The smallest absolute Gasteiger partial charge is 0.143 e. The number of benzene rings is 2. The van der Waals surface area contributed by atoms with Gasteiger partial charge >= 0.3 is 0 Å². The summed E-state index contributed by atoms with van der Waals surface area (Å²) in [7, 11) is 1.64. The molecule has 136 valence electrons. The number of hydrogen-bond donors (Lipinski definition) is 0. The molecule has 0 aliphatic carbocycles. The predicted molar refractivity (Wildman–Crippen MR) is 104 cm³/mol. The Morgan fingerprint density at radius 2 is 1.93 bits per heavy atom. The van der Waals surface area contributed by atoms with Crippen molar-refractivity contribution in [3.8, 4) is 28.4 Å². The minimum Gasteiger partial charge on any atom is -0.497 e. The number of thioether (sulfide) groups is 1. The molecule has 4 aromatic rings. The Morgan fingerprint density at radius 3 is 2.59 bits per heavy atom. The van der Waals surface area contributed by atoms with Gasteiger partial charge in [-0.3, -0.25) is 0 Å². The van der Waals surface area contributed by atoms with Crippen LogP contribution in [0, 0.1) is 5.82 Å². The zero-order chi connectivity index (χ0) is 18.8.